The zero-order chi connectivity index (χ0) is 27.8. The molecule has 0 radical (unpaired) electrons. The smallest absolute Gasteiger partial charge is 0.250 e. The molecule has 40 heavy (non-hydrogen) atoms. The highest BCUT2D eigenvalue weighted by Gasteiger charge is 2.70. The minimum absolute atomic E-state index is 0.248. The van der Waals surface area contributed by atoms with Crippen LogP contribution in [0.4, 0.5) is 21.5 Å². The van der Waals surface area contributed by atoms with Crippen LogP contribution in [0.25, 0.3) is 10.9 Å². The Bertz CT molecular complexity index is 1750. The molecule has 2 saturated heterocycles. The fraction of sp³-hybridized carbons (Fsp3) is 0.200. The fourth-order valence-electron chi connectivity index (χ4n) is 6.64. The van der Waals surface area contributed by atoms with Crippen LogP contribution in [0.3, 0.4) is 0 Å². The van der Waals surface area contributed by atoms with Crippen molar-refractivity contribution in [2.75, 3.05) is 15.5 Å². The number of aromatic amines is 1. The molecule has 4 N–H and O–H groups in total. The van der Waals surface area contributed by atoms with Crippen LogP contribution < -0.4 is 20.9 Å². The van der Waals surface area contributed by atoms with Gasteiger partial charge in [-0.25, -0.2) is 9.29 Å². The molecule has 0 saturated carbocycles. The highest BCUT2D eigenvalue weighted by atomic mass is 19.1. The van der Waals surface area contributed by atoms with E-state index in [1.807, 2.05) is 30.5 Å². The van der Waals surface area contributed by atoms with Crippen LogP contribution in [0.1, 0.15) is 18.1 Å². The summed E-state index contributed by atoms with van der Waals surface area (Å²) < 4.78 is 14.5. The van der Waals surface area contributed by atoms with Crippen LogP contribution in [-0.4, -0.2) is 34.7 Å². The minimum atomic E-state index is -1.61. The number of carbonyl (C=O) groups is 4. The Morgan fingerprint density at radius 1 is 1.02 bits per heavy atom. The van der Waals surface area contributed by atoms with Gasteiger partial charge in [0.05, 0.1) is 17.5 Å². The van der Waals surface area contributed by atoms with E-state index >= 15 is 0 Å². The van der Waals surface area contributed by atoms with Gasteiger partial charge in [0, 0.05) is 47.0 Å². The predicted octanol–water partition coefficient (Wildman–Crippen LogP) is 3.43. The van der Waals surface area contributed by atoms with Crippen molar-refractivity contribution >= 4 is 51.6 Å². The average molecular weight is 538 g/mol. The number of aromatic nitrogens is 1. The van der Waals surface area contributed by atoms with Crippen LogP contribution in [0.15, 0.2) is 72.9 Å². The van der Waals surface area contributed by atoms with E-state index in [0.717, 1.165) is 21.4 Å². The van der Waals surface area contributed by atoms with Gasteiger partial charge in [-0.1, -0.05) is 18.2 Å². The first kappa shape index (κ1) is 24.2. The molecule has 4 amide bonds. The molecule has 4 atom stereocenters. The number of carbonyl (C=O) groups excluding carboxylic acids is 4. The molecule has 9 nitrogen and oxygen atoms in total. The van der Waals surface area contributed by atoms with Gasteiger partial charge in [0.1, 0.15) is 11.4 Å². The summed E-state index contributed by atoms with van der Waals surface area (Å²) in [6, 6.07) is 17.5. The van der Waals surface area contributed by atoms with Gasteiger partial charge >= 0.3 is 0 Å². The summed E-state index contributed by atoms with van der Waals surface area (Å²) in [6.07, 6.45) is 2.23. The molecule has 4 unspecified atom stereocenters. The first-order chi connectivity index (χ1) is 19.3. The van der Waals surface area contributed by atoms with Gasteiger partial charge in [-0.05, 0) is 60.5 Å². The topological polar surface area (TPSA) is 123 Å². The third-order valence-corrected chi connectivity index (χ3v) is 8.24. The lowest BCUT2D eigenvalue weighted by atomic mass is 9.76. The molecule has 3 aromatic carbocycles. The molecule has 0 aliphatic carbocycles. The lowest BCUT2D eigenvalue weighted by Crippen LogP contribution is -2.53. The van der Waals surface area contributed by atoms with Crippen molar-refractivity contribution < 1.29 is 23.6 Å². The summed E-state index contributed by atoms with van der Waals surface area (Å²) in [5.41, 5.74) is 1.82. The second-order valence-electron chi connectivity index (χ2n) is 10.5. The van der Waals surface area contributed by atoms with Crippen LogP contribution in [0.2, 0.25) is 0 Å². The maximum Gasteiger partial charge on any atom is 0.250 e. The van der Waals surface area contributed by atoms with E-state index < -0.39 is 47.0 Å². The second kappa shape index (κ2) is 8.59. The van der Waals surface area contributed by atoms with Gasteiger partial charge in [0.25, 0.3) is 0 Å². The number of hydrogen-bond acceptors (Lipinski definition) is 5. The lowest BCUT2D eigenvalue weighted by molar-refractivity contribution is -0.130. The Morgan fingerprint density at radius 2 is 1.80 bits per heavy atom. The Balaban J connectivity index is 1.34. The molecular weight excluding hydrogens is 513 g/mol. The monoisotopic (exact) mass is 537 g/mol. The standard InChI is InChI=1S/C30H24FN5O4/c1-15(37)33-18-7-9-19(10-8-18)36-27(38)25-24(12-16-14-32-22-5-3-2-4-20(16)22)35-30(26(25)28(36)39)21-13-17(31)6-11-23(21)34-29(30)40/h2-11,13-14,24-26,32,35H,12H2,1H3,(H,33,37)(H,34,40). The van der Waals surface area contributed by atoms with E-state index in [4.69, 9.17) is 0 Å². The number of para-hydroxylation sites is 1. The summed E-state index contributed by atoms with van der Waals surface area (Å²) >= 11 is 0. The van der Waals surface area contributed by atoms with Crippen molar-refractivity contribution in [2.24, 2.45) is 11.8 Å². The zero-order valence-electron chi connectivity index (χ0n) is 21.3. The van der Waals surface area contributed by atoms with Crippen molar-refractivity contribution in [1.29, 1.82) is 0 Å². The highest BCUT2D eigenvalue weighted by Crippen LogP contribution is 2.54. The van der Waals surface area contributed by atoms with E-state index in [9.17, 15) is 23.6 Å². The first-order valence-electron chi connectivity index (χ1n) is 13.0. The Hall–Kier alpha value is -4.83. The molecule has 3 aliphatic heterocycles. The molecule has 3 aliphatic rings. The van der Waals surface area contributed by atoms with E-state index in [2.05, 4.69) is 20.9 Å². The molecule has 200 valence electrons. The molecule has 1 spiro atoms. The van der Waals surface area contributed by atoms with E-state index in [1.54, 1.807) is 24.3 Å². The second-order valence-corrected chi connectivity index (χ2v) is 10.5. The molecular formula is C30H24FN5O4. The molecule has 4 aromatic rings. The summed E-state index contributed by atoms with van der Waals surface area (Å²) in [5, 5.41) is 9.80. The SMILES string of the molecule is CC(=O)Nc1ccc(N2C(=O)C3C(Cc4c[nH]c5ccccc45)NC4(C(=O)Nc5ccc(F)cc54)C3C2=O)cc1. The number of hydrogen-bond donors (Lipinski definition) is 4. The Morgan fingerprint density at radius 3 is 2.58 bits per heavy atom. The van der Waals surface area contributed by atoms with Gasteiger partial charge in [-0.3, -0.25) is 24.5 Å². The van der Waals surface area contributed by atoms with E-state index in [-0.39, 0.29) is 5.91 Å². The van der Waals surface area contributed by atoms with Crippen LogP contribution in [0, 0.1) is 17.7 Å². The Kier molecular flexibility index (Phi) is 5.20. The Labute approximate surface area is 227 Å². The van der Waals surface area contributed by atoms with Crippen molar-refractivity contribution in [3.05, 3.63) is 89.9 Å². The van der Waals surface area contributed by atoms with Crippen molar-refractivity contribution in [2.45, 2.75) is 24.9 Å². The van der Waals surface area contributed by atoms with Crippen LogP contribution in [0.5, 0.6) is 0 Å². The molecule has 7 rings (SSSR count). The number of benzene rings is 3. The molecule has 0 bridgehead atoms. The number of nitrogens with zero attached hydrogens (tertiary/aromatic N) is 1. The summed E-state index contributed by atoms with van der Waals surface area (Å²) in [4.78, 5) is 57.7. The first-order valence-corrected chi connectivity index (χ1v) is 13.0. The van der Waals surface area contributed by atoms with Crippen LogP contribution in [-0.2, 0) is 31.1 Å². The third-order valence-electron chi connectivity index (χ3n) is 8.24. The average Bonchev–Trinajstić information content (AvgIpc) is 3.64. The van der Waals surface area contributed by atoms with Gasteiger partial charge in [-0.2, -0.15) is 0 Å². The van der Waals surface area contributed by atoms with Gasteiger partial charge in [0.2, 0.25) is 23.6 Å². The number of rotatable bonds is 4. The number of nitrogens with one attached hydrogen (secondary N) is 4. The number of halogens is 1. The molecule has 1 aromatic heterocycles. The molecule has 2 fully saturated rings. The van der Waals surface area contributed by atoms with Crippen molar-refractivity contribution in [3.8, 4) is 0 Å². The third kappa shape index (κ3) is 3.35. The summed E-state index contributed by atoms with van der Waals surface area (Å²) in [7, 11) is 0. The quantitative estimate of drug-likeness (QED) is 0.297. The largest absolute Gasteiger partial charge is 0.361 e. The maximum absolute atomic E-state index is 14.5. The normalized spacial score (nSPS) is 25.0. The van der Waals surface area contributed by atoms with E-state index in [1.165, 1.54) is 25.1 Å². The zero-order valence-corrected chi connectivity index (χ0v) is 21.3. The van der Waals surface area contributed by atoms with Crippen molar-refractivity contribution in [1.82, 2.24) is 10.3 Å². The van der Waals surface area contributed by atoms with Crippen LogP contribution >= 0.6 is 0 Å². The van der Waals surface area contributed by atoms with Gasteiger partial charge in [0.15, 0.2) is 0 Å². The number of H-pyrrole nitrogens is 1. The number of amides is 4. The lowest BCUT2D eigenvalue weighted by Gasteiger charge is -2.29. The molecule has 4 heterocycles. The molecule has 10 heteroatoms. The number of imide groups is 1. The fourth-order valence-corrected chi connectivity index (χ4v) is 6.64. The number of fused-ring (bicyclic) bond motifs is 5. The van der Waals surface area contributed by atoms with Gasteiger partial charge < -0.3 is 15.6 Å². The maximum atomic E-state index is 14.5. The minimum Gasteiger partial charge on any atom is -0.361 e. The summed E-state index contributed by atoms with van der Waals surface area (Å²) in [5.74, 6) is -4.23. The van der Waals surface area contributed by atoms with Crippen molar-refractivity contribution in [3.63, 3.8) is 0 Å². The van der Waals surface area contributed by atoms with E-state index in [0.29, 0.717) is 29.0 Å². The van der Waals surface area contributed by atoms with Gasteiger partial charge in [-0.15, -0.1) is 0 Å². The highest BCUT2D eigenvalue weighted by molar-refractivity contribution is 6.26. The summed E-state index contributed by atoms with van der Waals surface area (Å²) in [6.45, 7) is 1.39. The number of anilines is 3. The predicted molar refractivity (Wildman–Crippen MR) is 146 cm³/mol.